The minimum atomic E-state index is -1.21. The molecule has 1 saturated heterocycles. The van der Waals surface area contributed by atoms with Crippen molar-refractivity contribution >= 4 is 12.1 Å². The number of benzene rings is 1. The van der Waals surface area contributed by atoms with Gasteiger partial charge in [0.2, 0.25) is 0 Å². The molecule has 0 N–H and O–H groups in total. The van der Waals surface area contributed by atoms with E-state index in [0.717, 1.165) is 18.4 Å². The van der Waals surface area contributed by atoms with Crippen LogP contribution in [0, 0.1) is 0 Å². The average molecular weight is 276 g/mol. The van der Waals surface area contributed by atoms with Gasteiger partial charge in [0.15, 0.2) is 0 Å². The lowest BCUT2D eigenvalue weighted by molar-refractivity contribution is -0.312. The third-order valence-electron chi connectivity index (χ3n) is 3.60. The van der Waals surface area contributed by atoms with E-state index in [1.165, 1.54) is 4.90 Å². The molecule has 0 saturated carbocycles. The molecule has 5 heteroatoms. The van der Waals surface area contributed by atoms with E-state index in [9.17, 15) is 14.7 Å². The molecule has 0 aromatic heterocycles. The van der Waals surface area contributed by atoms with Crippen LogP contribution in [0.2, 0.25) is 0 Å². The van der Waals surface area contributed by atoms with Gasteiger partial charge in [0.25, 0.3) is 0 Å². The number of carboxylic acid groups (broad SMARTS) is 1. The summed E-state index contributed by atoms with van der Waals surface area (Å²) in [6.07, 6.45) is 1.40. The van der Waals surface area contributed by atoms with Gasteiger partial charge >= 0.3 is 6.09 Å². The number of carbonyl (C=O) groups excluding carboxylic acids is 2. The predicted octanol–water partition coefficient (Wildman–Crippen LogP) is 1.32. The highest BCUT2D eigenvalue weighted by Crippen LogP contribution is 2.23. The predicted molar refractivity (Wildman–Crippen MR) is 70.6 cm³/mol. The topological polar surface area (TPSA) is 69.7 Å². The SMILES string of the molecule is CC1CCCC(C(=O)[O-])N1C(=O)OCc1ccccc1. The van der Waals surface area contributed by atoms with Gasteiger partial charge < -0.3 is 14.6 Å². The molecule has 2 atom stereocenters. The first kappa shape index (κ1) is 14.4. The van der Waals surface area contributed by atoms with Crippen LogP contribution in [-0.2, 0) is 16.1 Å². The van der Waals surface area contributed by atoms with Gasteiger partial charge in [0, 0.05) is 6.04 Å². The Morgan fingerprint density at radius 3 is 2.65 bits per heavy atom. The standard InChI is InChI=1S/C15H19NO4/c1-11-6-5-9-13(14(17)18)16(11)15(19)20-10-12-7-3-2-4-8-12/h2-4,7-8,11,13H,5-6,9-10H2,1H3,(H,17,18)/p-1. The van der Waals surface area contributed by atoms with Gasteiger partial charge in [0.05, 0.1) is 12.0 Å². The average Bonchev–Trinajstić information content (AvgIpc) is 2.45. The monoisotopic (exact) mass is 276 g/mol. The van der Waals surface area contributed by atoms with Crippen LogP contribution in [0.15, 0.2) is 30.3 Å². The maximum absolute atomic E-state index is 12.1. The Labute approximate surface area is 118 Å². The molecule has 0 aliphatic carbocycles. The zero-order valence-electron chi connectivity index (χ0n) is 11.5. The number of nitrogens with zero attached hydrogens (tertiary/aromatic N) is 1. The van der Waals surface area contributed by atoms with Gasteiger partial charge in [-0.2, -0.15) is 0 Å². The van der Waals surface area contributed by atoms with E-state index >= 15 is 0 Å². The van der Waals surface area contributed by atoms with Crippen LogP contribution in [0.1, 0.15) is 31.7 Å². The minimum absolute atomic E-state index is 0.142. The van der Waals surface area contributed by atoms with Crippen LogP contribution < -0.4 is 5.11 Å². The first-order valence-corrected chi connectivity index (χ1v) is 6.79. The molecule has 1 aliphatic rings. The minimum Gasteiger partial charge on any atom is -0.548 e. The fraction of sp³-hybridized carbons (Fsp3) is 0.467. The summed E-state index contributed by atoms with van der Waals surface area (Å²) in [4.78, 5) is 24.5. The Hall–Kier alpha value is -2.04. The maximum Gasteiger partial charge on any atom is 0.410 e. The first-order chi connectivity index (χ1) is 9.59. The van der Waals surface area contributed by atoms with Gasteiger partial charge in [-0.3, -0.25) is 4.90 Å². The molecule has 0 radical (unpaired) electrons. The van der Waals surface area contributed by atoms with Crippen molar-refractivity contribution in [3.05, 3.63) is 35.9 Å². The molecule has 1 aromatic carbocycles. The highest BCUT2D eigenvalue weighted by atomic mass is 16.6. The summed E-state index contributed by atoms with van der Waals surface area (Å²) in [6.45, 7) is 1.97. The number of aliphatic carboxylic acids is 1. The number of likely N-dealkylation sites (tertiary alicyclic amines) is 1. The molecular weight excluding hydrogens is 258 g/mol. The van der Waals surface area contributed by atoms with Crippen LogP contribution >= 0.6 is 0 Å². The van der Waals surface area contributed by atoms with Crippen LogP contribution in [0.5, 0.6) is 0 Å². The Morgan fingerprint density at radius 2 is 2.00 bits per heavy atom. The van der Waals surface area contributed by atoms with Crippen molar-refractivity contribution in [3.8, 4) is 0 Å². The van der Waals surface area contributed by atoms with Gasteiger partial charge in [-0.25, -0.2) is 4.79 Å². The normalized spacial score (nSPS) is 22.4. The molecule has 1 fully saturated rings. The van der Waals surface area contributed by atoms with Crippen LogP contribution in [-0.4, -0.2) is 29.0 Å². The van der Waals surface area contributed by atoms with Crippen molar-refractivity contribution in [1.29, 1.82) is 0 Å². The fourth-order valence-corrected chi connectivity index (χ4v) is 2.52. The molecule has 1 heterocycles. The third kappa shape index (κ3) is 3.29. The van der Waals surface area contributed by atoms with Crippen LogP contribution in [0.4, 0.5) is 4.79 Å². The summed E-state index contributed by atoms with van der Waals surface area (Å²) in [5, 5.41) is 11.1. The van der Waals surface area contributed by atoms with Crippen molar-refractivity contribution in [1.82, 2.24) is 4.90 Å². The number of piperidine rings is 1. The highest BCUT2D eigenvalue weighted by molar-refractivity contribution is 5.79. The number of hydrogen-bond acceptors (Lipinski definition) is 4. The van der Waals surface area contributed by atoms with E-state index in [-0.39, 0.29) is 12.6 Å². The number of carbonyl (C=O) groups is 2. The van der Waals surface area contributed by atoms with Crippen molar-refractivity contribution in [2.75, 3.05) is 0 Å². The lowest BCUT2D eigenvalue weighted by atomic mass is 9.97. The zero-order chi connectivity index (χ0) is 14.5. The summed E-state index contributed by atoms with van der Waals surface area (Å²) < 4.78 is 5.21. The van der Waals surface area contributed by atoms with E-state index in [2.05, 4.69) is 0 Å². The summed E-state index contributed by atoms with van der Waals surface area (Å²) in [5.41, 5.74) is 0.871. The maximum atomic E-state index is 12.1. The Balaban J connectivity index is 2.00. The second kappa shape index (κ2) is 6.41. The van der Waals surface area contributed by atoms with E-state index in [1.54, 1.807) is 0 Å². The van der Waals surface area contributed by atoms with E-state index < -0.39 is 18.1 Å². The van der Waals surface area contributed by atoms with E-state index in [4.69, 9.17) is 4.74 Å². The number of hydrogen-bond donors (Lipinski definition) is 0. The highest BCUT2D eigenvalue weighted by Gasteiger charge is 2.33. The van der Waals surface area contributed by atoms with Gasteiger partial charge in [-0.15, -0.1) is 0 Å². The summed E-state index contributed by atoms with van der Waals surface area (Å²) in [5.74, 6) is -1.21. The summed E-state index contributed by atoms with van der Waals surface area (Å²) in [6, 6.07) is 8.26. The molecule has 0 bridgehead atoms. The van der Waals surface area contributed by atoms with Crippen molar-refractivity contribution in [2.24, 2.45) is 0 Å². The largest absolute Gasteiger partial charge is 0.548 e. The number of carboxylic acids is 1. The van der Waals surface area contributed by atoms with E-state index in [0.29, 0.717) is 6.42 Å². The lowest BCUT2D eigenvalue weighted by Crippen LogP contribution is -2.56. The molecule has 20 heavy (non-hydrogen) atoms. The molecule has 0 spiro atoms. The number of amides is 1. The summed E-state index contributed by atoms with van der Waals surface area (Å²) in [7, 11) is 0. The van der Waals surface area contributed by atoms with E-state index in [1.807, 2.05) is 37.3 Å². The third-order valence-corrected chi connectivity index (χ3v) is 3.60. The van der Waals surface area contributed by atoms with Gasteiger partial charge in [0.1, 0.15) is 6.61 Å². The second-order valence-corrected chi connectivity index (χ2v) is 5.06. The van der Waals surface area contributed by atoms with Gasteiger partial charge in [-0.1, -0.05) is 30.3 Å². The second-order valence-electron chi connectivity index (χ2n) is 5.06. The lowest BCUT2D eigenvalue weighted by Gasteiger charge is -2.40. The first-order valence-electron chi connectivity index (χ1n) is 6.79. The molecule has 5 nitrogen and oxygen atoms in total. The molecule has 1 aliphatic heterocycles. The Kier molecular flexibility index (Phi) is 4.61. The molecule has 1 amide bonds. The molecule has 1 aromatic rings. The quantitative estimate of drug-likeness (QED) is 0.834. The fourth-order valence-electron chi connectivity index (χ4n) is 2.52. The molecular formula is C15H18NO4-. The number of ether oxygens (including phenoxy) is 1. The Bertz CT molecular complexity index is 474. The van der Waals surface area contributed by atoms with Gasteiger partial charge in [-0.05, 0) is 31.7 Å². The zero-order valence-corrected chi connectivity index (χ0v) is 11.5. The molecule has 2 unspecified atom stereocenters. The number of rotatable bonds is 3. The summed E-state index contributed by atoms with van der Waals surface area (Å²) >= 11 is 0. The van der Waals surface area contributed by atoms with Crippen LogP contribution in [0.25, 0.3) is 0 Å². The Morgan fingerprint density at radius 1 is 1.30 bits per heavy atom. The molecule has 2 rings (SSSR count). The smallest absolute Gasteiger partial charge is 0.410 e. The van der Waals surface area contributed by atoms with Crippen molar-refractivity contribution < 1.29 is 19.4 Å². The molecule has 108 valence electrons. The van der Waals surface area contributed by atoms with Crippen molar-refractivity contribution in [3.63, 3.8) is 0 Å². The van der Waals surface area contributed by atoms with Crippen molar-refractivity contribution in [2.45, 2.75) is 44.9 Å². The van der Waals surface area contributed by atoms with Crippen LogP contribution in [0.3, 0.4) is 0 Å².